The first kappa shape index (κ1) is 20.2. The number of nitro benzene ring substituents is 1. The Hall–Kier alpha value is -1.86. The quantitative estimate of drug-likeness (QED) is 0.577. The largest absolute Gasteiger partial charge is 0.490 e. The molecule has 7 nitrogen and oxygen atoms in total. The number of benzene rings is 1. The summed E-state index contributed by atoms with van der Waals surface area (Å²) < 4.78 is 4.96. The molecule has 24 heavy (non-hydrogen) atoms. The van der Waals surface area contributed by atoms with E-state index < -0.39 is 4.92 Å². The van der Waals surface area contributed by atoms with Gasteiger partial charge in [-0.2, -0.15) is 0 Å². The van der Waals surface area contributed by atoms with Gasteiger partial charge < -0.3 is 15.4 Å². The molecule has 1 aromatic rings. The summed E-state index contributed by atoms with van der Waals surface area (Å²) in [5, 5.41) is 17.1. The van der Waals surface area contributed by atoms with Crippen LogP contribution < -0.4 is 15.4 Å². The number of halogens is 1. The highest BCUT2D eigenvalue weighted by Crippen LogP contribution is 2.27. The number of methoxy groups -OCH3 is 1. The lowest BCUT2D eigenvalue weighted by Gasteiger charge is -2.22. The molecule has 0 aromatic heterocycles. The number of nitrogens with zero attached hydrogens (tertiary/aromatic N) is 1. The number of amides is 1. The van der Waals surface area contributed by atoms with Crippen LogP contribution in [0.1, 0.15) is 31.2 Å². The number of carbonyl (C=O) groups is 1. The number of hydrogen-bond donors (Lipinski definition) is 2. The van der Waals surface area contributed by atoms with E-state index >= 15 is 0 Å². The van der Waals surface area contributed by atoms with Crippen molar-refractivity contribution in [2.24, 2.45) is 5.92 Å². The minimum Gasteiger partial charge on any atom is -0.490 e. The van der Waals surface area contributed by atoms with Crippen LogP contribution in [0.5, 0.6) is 5.75 Å². The molecule has 0 radical (unpaired) electrons. The SMILES string of the molecule is COc1ccc(CNC(=O)CCC2CCNCC2)cc1[N+](=O)[O-].Cl. The van der Waals surface area contributed by atoms with Crippen molar-refractivity contribution in [2.45, 2.75) is 32.2 Å². The summed E-state index contributed by atoms with van der Waals surface area (Å²) in [7, 11) is 1.39. The van der Waals surface area contributed by atoms with Crippen molar-refractivity contribution < 1.29 is 14.5 Å². The third kappa shape index (κ3) is 5.98. The number of nitrogens with one attached hydrogen (secondary N) is 2. The van der Waals surface area contributed by atoms with Gasteiger partial charge in [0, 0.05) is 19.0 Å². The summed E-state index contributed by atoms with van der Waals surface area (Å²) in [4.78, 5) is 22.4. The second-order valence-electron chi connectivity index (χ2n) is 5.77. The fraction of sp³-hybridized carbons (Fsp3) is 0.562. The van der Waals surface area contributed by atoms with Crippen molar-refractivity contribution in [3.63, 3.8) is 0 Å². The second kappa shape index (κ2) is 10.1. The van der Waals surface area contributed by atoms with Gasteiger partial charge in [-0.05, 0) is 49.9 Å². The first-order valence-corrected chi connectivity index (χ1v) is 7.89. The molecule has 0 aliphatic carbocycles. The zero-order chi connectivity index (χ0) is 16.7. The molecular formula is C16H24ClN3O4. The lowest BCUT2D eigenvalue weighted by Crippen LogP contribution is -2.29. The number of ether oxygens (including phenoxy) is 1. The molecule has 1 aromatic carbocycles. The predicted octanol–water partition coefficient (Wildman–Crippen LogP) is 2.42. The van der Waals surface area contributed by atoms with Gasteiger partial charge in [0.25, 0.3) is 0 Å². The molecule has 1 aliphatic heterocycles. The van der Waals surface area contributed by atoms with E-state index in [9.17, 15) is 14.9 Å². The van der Waals surface area contributed by atoms with Crippen LogP contribution in [0.4, 0.5) is 5.69 Å². The predicted molar refractivity (Wildman–Crippen MR) is 93.6 cm³/mol. The zero-order valence-corrected chi connectivity index (χ0v) is 14.6. The zero-order valence-electron chi connectivity index (χ0n) is 13.7. The Morgan fingerprint density at radius 2 is 2.12 bits per heavy atom. The van der Waals surface area contributed by atoms with Crippen LogP contribution >= 0.6 is 12.4 Å². The molecular weight excluding hydrogens is 334 g/mol. The van der Waals surface area contributed by atoms with Crippen LogP contribution in [-0.4, -0.2) is 31.0 Å². The Bertz CT molecular complexity index is 562. The molecule has 2 N–H and O–H groups in total. The number of nitro groups is 1. The van der Waals surface area contributed by atoms with Gasteiger partial charge in [-0.25, -0.2) is 0 Å². The molecule has 1 fully saturated rings. The number of hydrogen-bond acceptors (Lipinski definition) is 5. The van der Waals surface area contributed by atoms with Gasteiger partial charge in [0.15, 0.2) is 5.75 Å². The van der Waals surface area contributed by atoms with Gasteiger partial charge in [-0.3, -0.25) is 14.9 Å². The van der Waals surface area contributed by atoms with E-state index in [4.69, 9.17) is 4.74 Å². The van der Waals surface area contributed by atoms with Gasteiger partial charge in [0.2, 0.25) is 5.91 Å². The third-order valence-electron chi connectivity index (χ3n) is 4.17. The maximum absolute atomic E-state index is 11.9. The summed E-state index contributed by atoms with van der Waals surface area (Å²) in [6.07, 6.45) is 3.65. The summed E-state index contributed by atoms with van der Waals surface area (Å²) in [5.74, 6) is 0.821. The molecule has 0 spiro atoms. The fourth-order valence-corrected chi connectivity index (χ4v) is 2.78. The Labute approximate surface area is 147 Å². The van der Waals surface area contributed by atoms with Crippen LogP contribution in [0.25, 0.3) is 0 Å². The van der Waals surface area contributed by atoms with E-state index in [2.05, 4.69) is 10.6 Å². The molecule has 0 bridgehead atoms. The fourth-order valence-electron chi connectivity index (χ4n) is 2.78. The van der Waals surface area contributed by atoms with Crippen LogP contribution in [0.3, 0.4) is 0 Å². The highest BCUT2D eigenvalue weighted by Gasteiger charge is 2.16. The summed E-state index contributed by atoms with van der Waals surface area (Å²) >= 11 is 0. The molecule has 1 saturated heterocycles. The van der Waals surface area contributed by atoms with Crippen molar-refractivity contribution in [2.75, 3.05) is 20.2 Å². The van der Waals surface area contributed by atoms with Crippen molar-refractivity contribution in [3.05, 3.63) is 33.9 Å². The Morgan fingerprint density at radius 3 is 2.75 bits per heavy atom. The van der Waals surface area contributed by atoms with Gasteiger partial charge in [-0.1, -0.05) is 6.07 Å². The first-order chi connectivity index (χ1) is 11.1. The minimum atomic E-state index is -0.485. The van der Waals surface area contributed by atoms with Gasteiger partial charge >= 0.3 is 5.69 Å². The average Bonchev–Trinajstić information content (AvgIpc) is 2.58. The normalized spacial score (nSPS) is 14.5. The molecule has 0 atom stereocenters. The summed E-state index contributed by atoms with van der Waals surface area (Å²) in [6.45, 7) is 2.35. The van der Waals surface area contributed by atoms with Crippen LogP contribution in [0.2, 0.25) is 0 Å². The highest BCUT2D eigenvalue weighted by atomic mass is 35.5. The Morgan fingerprint density at radius 1 is 1.42 bits per heavy atom. The molecule has 2 rings (SSSR count). The Balaban J connectivity index is 0.00000288. The summed E-state index contributed by atoms with van der Waals surface area (Å²) in [6, 6.07) is 4.71. The van der Waals surface area contributed by atoms with Gasteiger partial charge in [0.05, 0.1) is 12.0 Å². The molecule has 1 heterocycles. The van der Waals surface area contributed by atoms with Crippen LogP contribution in [0.15, 0.2) is 18.2 Å². The molecule has 0 saturated carbocycles. The lowest BCUT2D eigenvalue weighted by molar-refractivity contribution is -0.385. The molecule has 8 heteroatoms. The minimum absolute atomic E-state index is 0. The van der Waals surface area contributed by atoms with E-state index in [0.717, 1.165) is 32.4 Å². The molecule has 134 valence electrons. The van der Waals surface area contributed by atoms with E-state index in [1.54, 1.807) is 12.1 Å². The lowest BCUT2D eigenvalue weighted by atomic mass is 9.93. The first-order valence-electron chi connectivity index (χ1n) is 7.89. The van der Waals surface area contributed by atoms with Crippen LogP contribution in [0, 0.1) is 16.0 Å². The Kier molecular flexibility index (Phi) is 8.49. The summed E-state index contributed by atoms with van der Waals surface area (Å²) in [5.41, 5.74) is 0.599. The highest BCUT2D eigenvalue weighted by molar-refractivity contribution is 5.85. The topological polar surface area (TPSA) is 93.5 Å². The maximum Gasteiger partial charge on any atom is 0.311 e. The van der Waals surface area contributed by atoms with E-state index in [-0.39, 0.29) is 36.3 Å². The second-order valence-corrected chi connectivity index (χ2v) is 5.77. The van der Waals surface area contributed by atoms with Crippen molar-refractivity contribution in [1.29, 1.82) is 0 Å². The van der Waals surface area contributed by atoms with E-state index in [1.807, 2.05) is 0 Å². The van der Waals surface area contributed by atoms with Crippen molar-refractivity contribution >= 4 is 24.0 Å². The number of piperidine rings is 1. The standard InChI is InChI=1S/C16H23N3O4.ClH/c1-23-15-4-2-13(10-14(15)19(21)22)11-18-16(20)5-3-12-6-8-17-9-7-12;/h2,4,10,12,17H,3,5-9,11H2,1H3,(H,18,20);1H. The van der Waals surface area contributed by atoms with Gasteiger partial charge in [0.1, 0.15) is 0 Å². The monoisotopic (exact) mass is 357 g/mol. The van der Waals surface area contributed by atoms with E-state index in [1.165, 1.54) is 13.2 Å². The smallest absolute Gasteiger partial charge is 0.311 e. The van der Waals surface area contributed by atoms with E-state index in [0.29, 0.717) is 17.9 Å². The average molecular weight is 358 g/mol. The molecule has 1 aliphatic rings. The number of rotatable bonds is 7. The van der Waals surface area contributed by atoms with Crippen molar-refractivity contribution in [1.82, 2.24) is 10.6 Å². The van der Waals surface area contributed by atoms with Crippen LogP contribution in [-0.2, 0) is 11.3 Å². The van der Waals surface area contributed by atoms with Crippen molar-refractivity contribution in [3.8, 4) is 5.75 Å². The number of carbonyl (C=O) groups excluding carboxylic acids is 1. The maximum atomic E-state index is 11.9. The van der Waals surface area contributed by atoms with Gasteiger partial charge in [-0.15, -0.1) is 12.4 Å². The third-order valence-corrected chi connectivity index (χ3v) is 4.17. The molecule has 1 amide bonds. The molecule has 0 unspecified atom stereocenters.